The van der Waals surface area contributed by atoms with Gasteiger partial charge in [0.05, 0.1) is 0 Å². The molecule has 0 amide bonds. The standard InChI is InChI=1S/C14H21ClFN/c1-17(11-5-3-2-4-10-15)12-13-6-8-14(16)9-7-13/h6-9H,2-5,10-12H2,1H3. The summed E-state index contributed by atoms with van der Waals surface area (Å²) in [5, 5.41) is 0. The zero-order chi connectivity index (χ0) is 12.5. The second-order valence-corrected chi connectivity index (χ2v) is 4.85. The Morgan fingerprint density at radius 3 is 2.35 bits per heavy atom. The molecule has 0 saturated carbocycles. The second kappa shape index (κ2) is 8.48. The Morgan fingerprint density at radius 2 is 1.71 bits per heavy atom. The molecule has 96 valence electrons. The van der Waals surface area contributed by atoms with E-state index in [0.717, 1.165) is 31.0 Å². The van der Waals surface area contributed by atoms with Crippen LogP contribution in [0.15, 0.2) is 24.3 Å². The van der Waals surface area contributed by atoms with Crippen molar-refractivity contribution in [3.05, 3.63) is 35.6 Å². The van der Waals surface area contributed by atoms with Crippen LogP contribution in [0.5, 0.6) is 0 Å². The monoisotopic (exact) mass is 257 g/mol. The molecule has 0 aliphatic heterocycles. The summed E-state index contributed by atoms with van der Waals surface area (Å²) in [4.78, 5) is 2.27. The van der Waals surface area contributed by atoms with Crippen LogP contribution >= 0.6 is 11.6 Å². The van der Waals surface area contributed by atoms with Crippen LogP contribution in [0, 0.1) is 5.82 Å². The molecule has 1 aromatic carbocycles. The zero-order valence-corrected chi connectivity index (χ0v) is 11.2. The first-order chi connectivity index (χ1) is 8.22. The van der Waals surface area contributed by atoms with Crippen molar-refractivity contribution in [2.45, 2.75) is 32.2 Å². The lowest BCUT2D eigenvalue weighted by atomic mass is 10.2. The fraction of sp³-hybridized carbons (Fsp3) is 0.571. The van der Waals surface area contributed by atoms with E-state index in [1.807, 2.05) is 12.1 Å². The van der Waals surface area contributed by atoms with Gasteiger partial charge in [-0.25, -0.2) is 4.39 Å². The van der Waals surface area contributed by atoms with Gasteiger partial charge in [0.25, 0.3) is 0 Å². The highest BCUT2D eigenvalue weighted by atomic mass is 35.5. The third-order valence-electron chi connectivity index (χ3n) is 2.79. The highest BCUT2D eigenvalue weighted by molar-refractivity contribution is 6.17. The van der Waals surface area contributed by atoms with Crippen molar-refractivity contribution in [3.63, 3.8) is 0 Å². The number of nitrogens with zero attached hydrogens (tertiary/aromatic N) is 1. The topological polar surface area (TPSA) is 3.24 Å². The molecule has 0 radical (unpaired) electrons. The maximum atomic E-state index is 12.7. The summed E-state index contributed by atoms with van der Waals surface area (Å²) in [7, 11) is 2.10. The van der Waals surface area contributed by atoms with E-state index in [1.54, 1.807) is 0 Å². The molecule has 0 unspecified atom stereocenters. The first-order valence-electron chi connectivity index (χ1n) is 6.21. The largest absolute Gasteiger partial charge is 0.302 e. The molecular formula is C14H21ClFN. The van der Waals surface area contributed by atoms with Gasteiger partial charge in [-0.3, -0.25) is 0 Å². The van der Waals surface area contributed by atoms with E-state index >= 15 is 0 Å². The molecule has 1 rings (SSSR count). The zero-order valence-electron chi connectivity index (χ0n) is 10.5. The predicted octanol–water partition coefficient (Wildman–Crippen LogP) is 4.06. The fourth-order valence-corrected chi connectivity index (χ4v) is 2.00. The van der Waals surface area contributed by atoms with Crippen molar-refractivity contribution in [3.8, 4) is 0 Å². The summed E-state index contributed by atoms with van der Waals surface area (Å²) in [6.45, 7) is 1.97. The highest BCUT2D eigenvalue weighted by Crippen LogP contribution is 2.07. The van der Waals surface area contributed by atoms with E-state index in [2.05, 4.69) is 11.9 Å². The summed E-state index contributed by atoms with van der Waals surface area (Å²) in [6, 6.07) is 6.73. The second-order valence-electron chi connectivity index (χ2n) is 4.47. The van der Waals surface area contributed by atoms with Gasteiger partial charge in [0.2, 0.25) is 0 Å². The van der Waals surface area contributed by atoms with Gasteiger partial charge in [0.15, 0.2) is 0 Å². The molecule has 0 fully saturated rings. The van der Waals surface area contributed by atoms with Crippen molar-refractivity contribution in [1.29, 1.82) is 0 Å². The lowest BCUT2D eigenvalue weighted by Crippen LogP contribution is -2.19. The summed E-state index contributed by atoms with van der Waals surface area (Å²) < 4.78 is 12.7. The first-order valence-corrected chi connectivity index (χ1v) is 6.75. The molecule has 0 aromatic heterocycles. The van der Waals surface area contributed by atoms with Crippen molar-refractivity contribution in [2.75, 3.05) is 19.5 Å². The van der Waals surface area contributed by atoms with Gasteiger partial charge in [-0.05, 0) is 44.1 Å². The third kappa shape index (κ3) is 6.64. The molecule has 17 heavy (non-hydrogen) atoms. The Hall–Kier alpha value is -0.600. The van der Waals surface area contributed by atoms with Crippen LogP contribution in [-0.2, 0) is 6.54 Å². The highest BCUT2D eigenvalue weighted by Gasteiger charge is 2.00. The Balaban J connectivity index is 2.16. The molecule has 0 atom stereocenters. The number of benzene rings is 1. The summed E-state index contributed by atoms with van der Waals surface area (Å²) in [6.07, 6.45) is 4.77. The summed E-state index contributed by atoms with van der Waals surface area (Å²) in [5.74, 6) is 0.600. The number of halogens is 2. The number of alkyl halides is 1. The molecular weight excluding hydrogens is 237 g/mol. The Morgan fingerprint density at radius 1 is 1.06 bits per heavy atom. The van der Waals surface area contributed by atoms with Crippen LogP contribution in [0.1, 0.15) is 31.2 Å². The first kappa shape index (κ1) is 14.5. The van der Waals surface area contributed by atoms with Crippen LogP contribution in [-0.4, -0.2) is 24.4 Å². The van der Waals surface area contributed by atoms with Crippen molar-refractivity contribution in [2.24, 2.45) is 0 Å². The van der Waals surface area contributed by atoms with Gasteiger partial charge >= 0.3 is 0 Å². The molecule has 1 aromatic rings. The van der Waals surface area contributed by atoms with Crippen molar-refractivity contribution >= 4 is 11.6 Å². The summed E-state index contributed by atoms with van der Waals surface area (Å²) >= 11 is 5.62. The quantitative estimate of drug-likeness (QED) is 0.502. The van der Waals surface area contributed by atoms with Gasteiger partial charge in [-0.1, -0.05) is 25.0 Å². The van der Waals surface area contributed by atoms with E-state index in [-0.39, 0.29) is 5.82 Å². The molecule has 1 nitrogen and oxygen atoms in total. The molecule has 3 heteroatoms. The van der Waals surface area contributed by atoms with Crippen LogP contribution in [0.25, 0.3) is 0 Å². The van der Waals surface area contributed by atoms with Crippen LogP contribution in [0.3, 0.4) is 0 Å². The number of hydrogen-bond donors (Lipinski definition) is 0. The molecule has 0 saturated heterocycles. The van der Waals surface area contributed by atoms with Crippen LogP contribution in [0.4, 0.5) is 4.39 Å². The van der Waals surface area contributed by atoms with Crippen molar-refractivity contribution in [1.82, 2.24) is 4.90 Å². The minimum absolute atomic E-state index is 0.169. The number of hydrogen-bond acceptors (Lipinski definition) is 1. The minimum Gasteiger partial charge on any atom is -0.302 e. The van der Waals surface area contributed by atoms with Gasteiger partial charge in [-0.15, -0.1) is 11.6 Å². The number of rotatable bonds is 8. The average molecular weight is 258 g/mol. The smallest absolute Gasteiger partial charge is 0.123 e. The van der Waals surface area contributed by atoms with Crippen molar-refractivity contribution < 1.29 is 4.39 Å². The van der Waals surface area contributed by atoms with Gasteiger partial charge in [0.1, 0.15) is 5.82 Å². The molecule has 0 spiro atoms. The molecule has 0 aliphatic carbocycles. The van der Waals surface area contributed by atoms with Gasteiger partial charge in [0, 0.05) is 12.4 Å². The minimum atomic E-state index is -0.169. The lowest BCUT2D eigenvalue weighted by molar-refractivity contribution is 0.317. The lowest BCUT2D eigenvalue weighted by Gasteiger charge is -2.16. The Bertz CT molecular complexity index is 300. The van der Waals surface area contributed by atoms with E-state index in [1.165, 1.54) is 31.4 Å². The van der Waals surface area contributed by atoms with Gasteiger partial charge < -0.3 is 4.90 Å². The molecule has 0 heterocycles. The molecule has 0 bridgehead atoms. The average Bonchev–Trinajstić information content (AvgIpc) is 2.32. The molecule has 0 aliphatic rings. The van der Waals surface area contributed by atoms with Crippen LogP contribution < -0.4 is 0 Å². The maximum absolute atomic E-state index is 12.7. The SMILES string of the molecule is CN(CCCCCCCl)Cc1ccc(F)cc1. The summed E-state index contributed by atoms with van der Waals surface area (Å²) in [5.41, 5.74) is 1.16. The predicted molar refractivity (Wildman–Crippen MR) is 71.9 cm³/mol. The van der Waals surface area contributed by atoms with E-state index in [0.29, 0.717) is 0 Å². The third-order valence-corrected chi connectivity index (χ3v) is 3.06. The van der Waals surface area contributed by atoms with Gasteiger partial charge in [-0.2, -0.15) is 0 Å². The van der Waals surface area contributed by atoms with Crippen LogP contribution in [0.2, 0.25) is 0 Å². The fourth-order valence-electron chi connectivity index (χ4n) is 1.81. The Kier molecular flexibility index (Phi) is 7.22. The van der Waals surface area contributed by atoms with E-state index in [9.17, 15) is 4.39 Å². The van der Waals surface area contributed by atoms with E-state index in [4.69, 9.17) is 11.6 Å². The normalized spacial score (nSPS) is 11.1. The maximum Gasteiger partial charge on any atom is 0.123 e. The number of unbranched alkanes of at least 4 members (excludes halogenated alkanes) is 3. The Labute approximate surface area is 109 Å². The van der Waals surface area contributed by atoms with E-state index < -0.39 is 0 Å². The molecule has 0 N–H and O–H groups in total.